The molecule has 8 atom stereocenters. The summed E-state index contributed by atoms with van der Waals surface area (Å²) in [4.78, 5) is 12.3. The smallest absolute Gasteiger partial charge is 0.338 e. The number of hydrogen-bond donors (Lipinski definition) is 6. The molecule has 6 N–H and O–H groups in total. The zero-order valence-corrected chi connectivity index (χ0v) is 20.4. The first kappa shape index (κ1) is 28.4. The first-order valence-corrected chi connectivity index (χ1v) is 12.1. The van der Waals surface area contributed by atoms with Gasteiger partial charge in [-0.1, -0.05) is 30.3 Å². The van der Waals surface area contributed by atoms with E-state index in [1.807, 2.05) is 30.3 Å². The van der Waals surface area contributed by atoms with E-state index in [1.54, 1.807) is 0 Å². The molecule has 2 aromatic carbocycles. The maximum absolute atomic E-state index is 12.3. The maximum atomic E-state index is 12.3. The zero-order chi connectivity index (χ0) is 27.3. The third-order valence-corrected chi connectivity index (χ3v) is 6.49. The van der Waals surface area contributed by atoms with Crippen molar-refractivity contribution < 1.29 is 59.1 Å². The molecule has 0 aliphatic carbocycles. The first-order chi connectivity index (χ1) is 18.2. The molecule has 8 unspecified atom stereocenters. The lowest BCUT2D eigenvalue weighted by Gasteiger charge is -2.42. The van der Waals surface area contributed by atoms with E-state index in [2.05, 4.69) is 0 Å². The van der Waals surface area contributed by atoms with E-state index >= 15 is 0 Å². The average Bonchev–Trinajstić information content (AvgIpc) is 3.21. The van der Waals surface area contributed by atoms with Crippen LogP contribution in [0.2, 0.25) is 0 Å². The molecule has 2 fully saturated rings. The van der Waals surface area contributed by atoms with Gasteiger partial charge in [-0.05, 0) is 36.2 Å². The van der Waals surface area contributed by atoms with Crippen LogP contribution in [0.15, 0.2) is 54.6 Å². The number of aliphatic hydroxyl groups is 5. The Labute approximate surface area is 218 Å². The summed E-state index contributed by atoms with van der Waals surface area (Å²) in [6.07, 6.45) is -9.55. The van der Waals surface area contributed by atoms with Gasteiger partial charge in [-0.2, -0.15) is 0 Å². The minimum absolute atomic E-state index is 0.0357. The molecule has 4 rings (SSSR count). The number of ether oxygens (including phenoxy) is 5. The highest BCUT2D eigenvalue weighted by Crippen LogP contribution is 2.32. The molecule has 0 aromatic heterocycles. The van der Waals surface area contributed by atoms with Gasteiger partial charge in [0, 0.05) is 0 Å². The zero-order valence-electron chi connectivity index (χ0n) is 20.4. The second-order valence-electron chi connectivity index (χ2n) is 9.26. The van der Waals surface area contributed by atoms with Crippen molar-refractivity contribution in [3.8, 4) is 5.75 Å². The molecule has 2 saturated heterocycles. The van der Waals surface area contributed by atoms with Crippen LogP contribution >= 0.6 is 0 Å². The summed E-state index contributed by atoms with van der Waals surface area (Å²) >= 11 is 0. The number of phenols is 1. The Morgan fingerprint density at radius 2 is 1.71 bits per heavy atom. The fourth-order valence-corrected chi connectivity index (χ4v) is 4.20. The van der Waals surface area contributed by atoms with E-state index in [0.29, 0.717) is 6.42 Å². The van der Waals surface area contributed by atoms with Gasteiger partial charge in [-0.15, -0.1) is 0 Å². The predicted molar refractivity (Wildman–Crippen MR) is 128 cm³/mol. The number of carbonyl (C=O) groups is 1. The van der Waals surface area contributed by atoms with Gasteiger partial charge in [0.15, 0.2) is 18.2 Å². The first-order valence-electron chi connectivity index (χ1n) is 12.1. The van der Waals surface area contributed by atoms with E-state index in [4.69, 9.17) is 23.7 Å². The van der Waals surface area contributed by atoms with Crippen LogP contribution in [0, 0.1) is 0 Å². The highest BCUT2D eigenvalue weighted by molar-refractivity contribution is 5.89. The number of benzene rings is 2. The lowest BCUT2D eigenvalue weighted by Crippen LogP contribution is -2.61. The molecule has 2 heterocycles. The van der Waals surface area contributed by atoms with E-state index < -0.39 is 74.5 Å². The number of phenolic OH excluding ortho intramolecular Hbond substituents is 1. The van der Waals surface area contributed by atoms with Gasteiger partial charge in [-0.25, -0.2) is 4.79 Å². The van der Waals surface area contributed by atoms with Crippen molar-refractivity contribution in [1.29, 1.82) is 0 Å². The van der Waals surface area contributed by atoms with Crippen molar-refractivity contribution in [2.24, 2.45) is 0 Å². The van der Waals surface area contributed by atoms with Crippen LogP contribution in [0.25, 0.3) is 0 Å². The monoisotopic (exact) mass is 536 g/mol. The van der Waals surface area contributed by atoms with Crippen molar-refractivity contribution in [1.82, 2.24) is 0 Å². The number of carbonyl (C=O) groups excluding carboxylic acids is 1. The van der Waals surface area contributed by atoms with Gasteiger partial charge in [0.05, 0.1) is 25.4 Å². The highest BCUT2D eigenvalue weighted by atomic mass is 16.8. The van der Waals surface area contributed by atoms with E-state index in [0.717, 1.165) is 5.56 Å². The number of esters is 1. The lowest BCUT2D eigenvalue weighted by molar-refractivity contribution is -0.335. The van der Waals surface area contributed by atoms with Crippen molar-refractivity contribution in [2.45, 2.75) is 55.1 Å². The molecule has 0 spiro atoms. The Morgan fingerprint density at radius 1 is 1.00 bits per heavy atom. The molecule has 0 bridgehead atoms. The Kier molecular flexibility index (Phi) is 9.31. The van der Waals surface area contributed by atoms with Crippen LogP contribution in [-0.4, -0.2) is 112 Å². The molecule has 12 nitrogen and oxygen atoms in total. The van der Waals surface area contributed by atoms with Crippen molar-refractivity contribution in [3.05, 3.63) is 65.7 Å². The molecule has 38 heavy (non-hydrogen) atoms. The summed E-state index contributed by atoms with van der Waals surface area (Å²) in [5.74, 6) is -0.831. The Bertz CT molecular complexity index is 1030. The number of rotatable bonds is 10. The topological polar surface area (TPSA) is 185 Å². The standard InChI is InChI=1S/C26H32O12/c27-12-18-19(29)20(30)21(24(37-18)34-11-10-15-4-2-1-3-5-15)38-25-22(31)26(33,14-36-25)13-35-23(32)16-6-8-17(28)9-7-16/h1-9,18-22,24-25,27-31,33H,10-14H2. The van der Waals surface area contributed by atoms with Gasteiger partial charge in [0.1, 0.15) is 42.9 Å². The molecular weight excluding hydrogens is 504 g/mol. The third kappa shape index (κ3) is 6.49. The number of aromatic hydroxyl groups is 1. The second kappa shape index (κ2) is 12.5. The van der Waals surface area contributed by atoms with Gasteiger partial charge < -0.3 is 54.3 Å². The normalized spacial score (nSPS) is 33.2. The van der Waals surface area contributed by atoms with E-state index in [-0.39, 0.29) is 17.9 Å². The molecule has 12 heteroatoms. The number of hydrogen-bond acceptors (Lipinski definition) is 12. The van der Waals surface area contributed by atoms with Crippen LogP contribution in [0.1, 0.15) is 15.9 Å². The molecule has 0 saturated carbocycles. The van der Waals surface area contributed by atoms with Gasteiger partial charge >= 0.3 is 5.97 Å². The van der Waals surface area contributed by atoms with Crippen LogP contribution in [0.5, 0.6) is 5.75 Å². The average molecular weight is 537 g/mol. The number of aliphatic hydroxyl groups excluding tert-OH is 4. The minimum atomic E-state index is -2.03. The third-order valence-electron chi connectivity index (χ3n) is 6.49. The molecular formula is C26H32O12. The summed E-state index contributed by atoms with van der Waals surface area (Å²) in [6.45, 7) is -1.53. The van der Waals surface area contributed by atoms with E-state index in [1.165, 1.54) is 24.3 Å². The minimum Gasteiger partial charge on any atom is -0.508 e. The largest absolute Gasteiger partial charge is 0.508 e. The summed E-state index contributed by atoms with van der Waals surface area (Å²) in [6, 6.07) is 14.7. The van der Waals surface area contributed by atoms with Crippen LogP contribution in [-0.2, 0) is 30.1 Å². The molecule has 2 aliphatic heterocycles. The predicted octanol–water partition coefficient (Wildman–Crippen LogP) is -0.919. The molecule has 2 aliphatic rings. The second-order valence-corrected chi connectivity index (χ2v) is 9.26. The van der Waals surface area contributed by atoms with Crippen molar-refractivity contribution in [3.63, 3.8) is 0 Å². The fraction of sp³-hybridized carbons (Fsp3) is 0.500. The van der Waals surface area contributed by atoms with Gasteiger partial charge in [0.25, 0.3) is 0 Å². The van der Waals surface area contributed by atoms with Gasteiger partial charge in [0.2, 0.25) is 0 Å². The molecule has 2 aromatic rings. The quantitative estimate of drug-likeness (QED) is 0.206. The maximum Gasteiger partial charge on any atom is 0.338 e. The molecule has 0 radical (unpaired) electrons. The van der Waals surface area contributed by atoms with E-state index in [9.17, 15) is 35.4 Å². The molecule has 208 valence electrons. The highest BCUT2D eigenvalue weighted by Gasteiger charge is 2.53. The lowest BCUT2D eigenvalue weighted by atomic mass is 9.98. The summed E-state index contributed by atoms with van der Waals surface area (Å²) in [5, 5.41) is 61.5. The van der Waals surface area contributed by atoms with Crippen molar-refractivity contribution >= 4 is 5.97 Å². The summed E-state index contributed by atoms with van der Waals surface area (Å²) < 4.78 is 27.6. The SMILES string of the molecule is O=C(OCC1(O)COC(OC2C(OCCc3ccccc3)OC(CO)C(O)C2O)C1O)c1ccc(O)cc1. The summed E-state index contributed by atoms with van der Waals surface area (Å²) in [7, 11) is 0. The van der Waals surface area contributed by atoms with Crippen LogP contribution in [0.3, 0.4) is 0 Å². The van der Waals surface area contributed by atoms with Gasteiger partial charge in [-0.3, -0.25) is 0 Å². The Hall–Kier alpha value is -2.65. The fourth-order valence-electron chi connectivity index (χ4n) is 4.20. The van der Waals surface area contributed by atoms with Crippen LogP contribution < -0.4 is 0 Å². The Balaban J connectivity index is 1.37. The van der Waals surface area contributed by atoms with Crippen LogP contribution in [0.4, 0.5) is 0 Å². The Morgan fingerprint density at radius 3 is 2.39 bits per heavy atom. The van der Waals surface area contributed by atoms with Crippen molar-refractivity contribution in [2.75, 3.05) is 26.4 Å². The summed E-state index contributed by atoms with van der Waals surface area (Å²) in [5.41, 5.74) is -0.923. The molecule has 0 amide bonds.